The SMILES string of the molecule is O=C(CN1C(=O)N/C(=C/c2ccc(-c3ccc(F)cc3)o2)C1=O)Nc1ccccc1F. The van der Waals surface area contributed by atoms with Gasteiger partial charge in [-0.15, -0.1) is 0 Å². The summed E-state index contributed by atoms with van der Waals surface area (Å²) >= 11 is 0. The number of carbonyl (C=O) groups is 3. The molecule has 1 fully saturated rings. The highest BCUT2D eigenvalue weighted by Gasteiger charge is 2.35. The van der Waals surface area contributed by atoms with Crippen molar-refractivity contribution in [2.75, 3.05) is 11.9 Å². The maximum Gasteiger partial charge on any atom is 0.329 e. The molecule has 3 aromatic rings. The molecule has 0 saturated carbocycles. The summed E-state index contributed by atoms with van der Waals surface area (Å²) in [4.78, 5) is 37.5. The Morgan fingerprint density at radius 1 is 1.03 bits per heavy atom. The normalized spacial score (nSPS) is 14.8. The Labute approximate surface area is 175 Å². The van der Waals surface area contributed by atoms with Crippen LogP contribution in [0.15, 0.2) is 70.8 Å². The van der Waals surface area contributed by atoms with E-state index in [4.69, 9.17) is 4.42 Å². The number of benzene rings is 2. The van der Waals surface area contributed by atoms with Crippen molar-refractivity contribution in [2.24, 2.45) is 0 Å². The van der Waals surface area contributed by atoms with Gasteiger partial charge in [-0.1, -0.05) is 12.1 Å². The second kappa shape index (κ2) is 8.23. The van der Waals surface area contributed by atoms with Gasteiger partial charge in [0.05, 0.1) is 5.69 Å². The Hall–Kier alpha value is -4.27. The first-order valence-electron chi connectivity index (χ1n) is 9.15. The zero-order valence-corrected chi connectivity index (χ0v) is 15.9. The number of para-hydroxylation sites is 1. The van der Waals surface area contributed by atoms with Gasteiger partial charge in [-0.2, -0.15) is 0 Å². The van der Waals surface area contributed by atoms with Gasteiger partial charge >= 0.3 is 6.03 Å². The molecule has 1 aliphatic rings. The molecule has 9 heteroatoms. The van der Waals surface area contributed by atoms with Crippen molar-refractivity contribution in [3.8, 4) is 11.3 Å². The Morgan fingerprint density at radius 2 is 1.77 bits per heavy atom. The van der Waals surface area contributed by atoms with E-state index in [0.717, 1.165) is 0 Å². The van der Waals surface area contributed by atoms with Gasteiger partial charge in [0.2, 0.25) is 5.91 Å². The van der Waals surface area contributed by atoms with Gasteiger partial charge in [-0.25, -0.2) is 18.5 Å². The molecule has 2 aromatic carbocycles. The van der Waals surface area contributed by atoms with Crippen LogP contribution in [0.5, 0.6) is 0 Å². The highest BCUT2D eigenvalue weighted by Crippen LogP contribution is 2.24. The highest BCUT2D eigenvalue weighted by atomic mass is 19.1. The Bertz CT molecular complexity index is 1200. The number of imide groups is 1. The molecule has 0 aliphatic carbocycles. The third kappa shape index (κ3) is 4.35. The number of furan rings is 1. The molecule has 0 unspecified atom stereocenters. The first kappa shape index (κ1) is 20.0. The van der Waals surface area contributed by atoms with Crippen LogP contribution in [0, 0.1) is 11.6 Å². The van der Waals surface area contributed by atoms with Crippen LogP contribution in [-0.2, 0) is 9.59 Å². The summed E-state index contributed by atoms with van der Waals surface area (Å²) in [6.45, 7) is -0.588. The van der Waals surface area contributed by atoms with Gasteiger partial charge in [0.15, 0.2) is 0 Å². The summed E-state index contributed by atoms with van der Waals surface area (Å²) in [5, 5.41) is 4.69. The number of urea groups is 1. The zero-order chi connectivity index (χ0) is 22.0. The lowest BCUT2D eigenvalue weighted by Gasteiger charge is -2.12. The molecule has 4 amide bonds. The van der Waals surface area contributed by atoms with Gasteiger partial charge in [0, 0.05) is 11.6 Å². The minimum absolute atomic E-state index is 0.0563. The summed E-state index contributed by atoms with van der Waals surface area (Å²) in [5.41, 5.74) is 0.502. The predicted molar refractivity (Wildman–Crippen MR) is 107 cm³/mol. The fourth-order valence-electron chi connectivity index (χ4n) is 2.95. The largest absolute Gasteiger partial charge is 0.457 e. The van der Waals surface area contributed by atoms with E-state index in [1.54, 1.807) is 24.3 Å². The molecule has 0 atom stereocenters. The van der Waals surface area contributed by atoms with Crippen molar-refractivity contribution in [3.63, 3.8) is 0 Å². The molecular formula is C22H15F2N3O4. The quantitative estimate of drug-likeness (QED) is 0.483. The van der Waals surface area contributed by atoms with Crippen molar-refractivity contribution in [2.45, 2.75) is 0 Å². The topological polar surface area (TPSA) is 91.7 Å². The second-order valence-corrected chi connectivity index (χ2v) is 6.62. The monoisotopic (exact) mass is 423 g/mol. The molecule has 1 aliphatic heterocycles. The van der Waals surface area contributed by atoms with Gasteiger partial charge in [0.1, 0.15) is 35.4 Å². The standard InChI is InChI=1S/C22H15F2N3O4/c23-14-7-5-13(6-8-14)19-10-9-15(31-19)11-18-21(29)27(22(30)26-18)12-20(28)25-17-4-2-1-3-16(17)24/h1-11H,12H2,(H,25,28)(H,26,30)/b18-11+. The molecule has 0 spiro atoms. The molecule has 1 aromatic heterocycles. The first-order chi connectivity index (χ1) is 14.9. The van der Waals surface area contributed by atoms with E-state index in [-0.39, 0.29) is 23.0 Å². The fraction of sp³-hybridized carbons (Fsp3) is 0.0455. The van der Waals surface area contributed by atoms with Crippen molar-refractivity contribution in [1.82, 2.24) is 10.2 Å². The van der Waals surface area contributed by atoms with Crippen LogP contribution < -0.4 is 10.6 Å². The number of anilines is 1. The van der Waals surface area contributed by atoms with E-state index in [0.29, 0.717) is 16.2 Å². The van der Waals surface area contributed by atoms with E-state index in [1.165, 1.54) is 42.5 Å². The second-order valence-electron chi connectivity index (χ2n) is 6.62. The highest BCUT2D eigenvalue weighted by molar-refractivity contribution is 6.15. The van der Waals surface area contributed by atoms with Gasteiger partial charge in [0.25, 0.3) is 5.91 Å². The number of hydrogen-bond donors (Lipinski definition) is 2. The number of hydrogen-bond acceptors (Lipinski definition) is 4. The Morgan fingerprint density at radius 3 is 2.52 bits per heavy atom. The maximum absolute atomic E-state index is 13.7. The summed E-state index contributed by atoms with van der Waals surface area (Å²) < 4.78 is 32.3. The molecule has 2 N–H and O–H groups in total. The smallest absolute Gasteiger partial charge is 0.329 e. The number of carbonyl (C=O) groups excluding carboxylic acids is 3. The molecule has 4 rings (SSSR count). The van der Waals surface area contributed by atoms with Crippen LogP contribution in [0.25, 0.3) is 17.4 Å². The van der Waals surface area contributed by atoms with E-state index >= 15 is 0 Å². The minimum Gasteiger partial charge on any atom is -0.457 e. The molecule has 0 radical (unpaired) electrons. The lowest BCUT2D eigenvalue weighted by atomic mass is 10.2. The van der Waals surface area contributed by atoms with Crippen LogP contribution in [0.2, 0.25) is 0 Å². The molecular weight excluding hydrogens is 408 g/mol. The number of halogens is 2. The maximum atomic E-state index is 13.7. The zero-order valence-electron chi connectivity index (χ0n) is 15.9. The van der Waals surface area contributed by atoms with Crippen molar-refractivity contribution in [3.05, 3.63) is 83.8 Å². The summed E-state index contributed by atoms with van der Waals surface area (Å²) in [6, 6.07) is 13.7. The first-order valence-corrected chi connectivity index (χ1v) is 9.15. The number of nitrogens with one attached hydrogen (secondary N) is 2. The summed E-state index contributed by atoms with van der Waals surface area (Å²) in [5.74, 6) is -1.75. The van der Waals surface area contributed by atoms with Crippen LogP contribution in [0.3, 0.4) is 0 Å². The molecule has 0 bridgehead atoms. The molecule has 156 valence electrons. The Kier molecular flexibility index (Phi) is 5.31. The van der Waals surface area contributed by atoms with Crippen molar-refractivity contribution >= 4 is 29.6 Å². The van der Waals surface area contributed by atoms with Crippen LogP contribution in [-0.4, -0.2) is 29.3 Å². The van der Waals surface area contributed by atoms with Crippen LogP contribution >= 0.6 is 0 Å². The summed E-state index contributed by atoms with van der Waals surface area (Å²) in [7, 11) is 0. The van der Waals surface area contributed by atoms with Gasteiger partial charge in [-0.3, -0.25) is 9.59 Å². The molecule has 2 heterocycles. The number of nitrogens with zero attached hydrogens (tertiary/aromatic N) is 1. The van der Waals surface area contributed by atoms with E-state index in [9.17, 15) is 23.2 Å². The summed E-state index contributed by atoms with van der Waals surface area (Å²) in [6.07, 6.45) is 1.32. The number of rotatable bonds is 5. The van der Waals surface area contributed by atoms with Gasteiger partial charge < -0.3 is 15.1 Å². The van der Waals surface area contributed by atoms with Crippen LogP contribution in [0.1, 0.15) is 5.76 Å². The van der Waals surface area contributed by atoms with E-state index < -0.39 is 30.2 Å². The molecule has 31 heavy (non-hydrogen) atoms. The lowest BCUT2D eigenvalue weighted by Crippen LogP contribution is -2.38. The third-order valence-corrected chi connectivity index (χ3v) is 4.45. The average molecular weight is 423 g/mol. The van der Waals surface area contributed by atoms with Crippen molar-refractivity contribution in [1.29, 1.82) is 0 Å². The third-order valence-electron chi connectivity index (χ3n) is 4.45. The van der Waals surface area contributed by atoms with Gasteiger partial charge in [-0.05, 0) is 48.5 Å². The lowest BCUT2D eigenvalue weighted by molar-refractivity contribution is -0.127. The predicted octanol–water partition coefficient (Wildman–Crippen LogP) is 3.76. The molecule has 1 saturated heterocycles. The number of amides is 4. The molecule has 7 nitrogen and oxygen atoms in total. The fourth-order valence-corrected chi connectivity index (χ4v) is 2.95. The van der Waals surface area contributed by atoms with E-state index in [2.05, 4.69) is 10.6 Å². The minimum atomic E-state index is -0.787. The van der Waals surface area contributed by atoms with Crippen molar-refractivity contribution < 1.29 is 27.6 Å². The average Bonchev–Trinajstić information content (AvgIpc) is 3.31. The van der Waals surface area contributed by atoms with Crippen LogP contribution in [0.4, 0.5) is 19.3 Å². The van der Waals surface area contributed by atoms with E-state index in [1.807, 2.05) is 0 Å². The Balaban J connectivity index is 1.45.